The van der Waals surface area contributed by atoms with Crippen molar-refractivity contribution in [2.75, 3.05) is 0 Å². The van der Waals surface area contributed by atoms with Crippen LogP contribution in [0.2, 0.25) is 0 Å². The minimum Gasteiger partial charge on any atom is -0.477 e. The predicted octanol–water partition coefficient (Wildman–Crippen LogP) is 3.17. The SMILES string of the molecule is CC(C)c1c(Br)sc2[nH]cc(C(=O)O)c(=O)c12. The molecule has 0 atom stereocenters. The average molecular weight is 316 g/mol. The normalized spacial score (nSPS) is 11.3. The molecule has 0 unspecified atom stereocenters. The lowest BCUT2D eigenvalue weighted by Gasteiger charge is -2.03. The first-order valence-corrected chi connectivity index (χ1v) is 6.61. The summed E-state index contributed by atoms with van der Waals surface area (Å²) in [5.74, 6) is -1.05. The Kier molecular flexibility index (Phi) is 3.09. The van der Waals surface area contributed by atoms with E-state index in [0.29, 0.717) is 10.2 Å². The number of halogens is 1. The van der Waals surface area contributed by atoms with E-state index in [2.05, 4.69) is 20.9 Å². The van der Waals surface area contributed by atoms with Crippen molar-refractivity contribution in [1.82, 2.24) is 4.98 Å². The summed E-state index contributed by atoms with van der Waals surface area (Å²) in [6.45, 7) is 3.94. The lowest BCUT2D eigenvalue weighted by molar-refractivity contribution is 0.0695. The summed E-state index contributed by atoms with van der Waals surface area (Å²) < 4.78 is 0.874. The maximum absolute atomic E-state index is 12.1. The third-order valence-corrected chi connectivity index (χ3v) is 4.36. The van der Waals surface area contributed by atoms with Gasteiger partial charge in [-0.2, -0.15) is 0 Å². The van der Waals surface area contributed by atoms with E-state index in [1.807, 2.05) is 13.8 Å². The monoisotopic (exact) mass is 315 g/mol. The van der Waals surface area contributed by atoms with Crippen LogP contribution in [0.15, 0.2) is 14.8 Å². The molecule has 0 radical (unpaired) electrons. The molecule has 2 N–H and O–H groups in total. The van der Waals surface area contributed by atoms with Crippen molar-refractivity contribution < 1.29 is 9.90 Å². The molecular formula is C11H10BrNO3S. The zero-order valence-electron chi connectivity index (χ0n) is 9.20. The molecule has 0 aliphatic carbocycles. The van der Waals surface area contributed by atoms with Crippen LogP contribution in [0, 0.1) is 0 Å². The van der Waals surface area contributed by atoms with E-state index in [-0.39, 0.29) is 11.5 Å². The fourth-order valence-corrected chi connectivity index (χ4v) is 3.95. The molecule has 17 heavy (non-hydrogen) atoms. The van der Waals surface area contributed by atoms with Gasteiger partial charge in [0, 0.05) is 6.20 Å². The van der Waals surface area contributed by atoms with Gasteiger partial charge in [-0.25, -0.2) is 4.79 Å². The maximum Gasteiger partial charge on any atom is 0.341 e. The van der Waals surface area contributed by atoms with Crippen LogP contribution < -0.4 is 5.43 Å². The van der Waals surface area contributed by atoms with Gasteiger partial charge < -0.3 is 10.1 Å². The first-order valence-electron chi connectivity index (χ1n) is 5.00. The number of H-pyrrole nitrogens is 1. The Morgan fingerprint density at radius 1 is 1.53 bits per heavy atom. The van der Waals surface area contributed by atoms with Gasteiger partial charge in [-0.05, 0) is 27.4 Å². The van der Waals surface area contributed by atoms with Crippen LogP contribution in [-0.2, 0) is 0 Å². The first kappa shape index (κ1) is 12.3. The summed E-state index contributed by atoms with van der Waals surface area (Å²) in [5, 5.41) is 9.42. The molecule has 0 spiro atoms. The van der Waals surface area contributed by atoms with Crippen LogP contribution in [0.1, 0.15) is 35.7 Å². The van der Waals surface area contributed by atoms with Gasteiger partial charge in [-0.1, -0.05) is 13.8 Å². The van der Waals surface area contributed by atoms with Crippen LogP contribution in [0.5, 0.6) is 0 Å². The van der Waals surface area contributed by atoms with Crippen molar-refractivity contribution in [3.8, 4) is 0 Å². The van der Waals surface area contributed by atoms with Crippen molar-refractivity contribution in [3.63, 3.8) is 0 Å². The molecule has 0 fully saturated rings. The maximum atomic E-state index is 12.1. The van der Waals surface area contributed by atoms with E-state index in [0.717, 1.165) is 9.35 Å². The van der Waals surface area contributed by atoms with Gasteiger partial charge in [0.15, 0.2) is 0 Å². The Labute approximate surface area is 109 Å². The quantitative estimate of drug-likeness (QED) is 0.894. The highest BCUT2D eigenvalue weighted by Gasteiger charge is 2.20. The second kappa shape index (κ2) is 4.27. The number of fused-ring (bicyclic) bond motifs is 1. The van der Waals surface area contributed by atoms with Gasteiger partial charge in [-0.3, -0.25) is 4.79 Å². The molecule has 0 bridgehead atoms. The number of hydrogen-bond donors (Lipinski definition) is 2. The highest BCUT2D eigenvalue weighted by molar-refractivity contribution is 9.11. The Balaban J connectivity index is 2.93. The number of aromatic amines is 1. The number of carboxylic acid groups (broad SMARTS) is 1. The number of carbonyl (C=O) groups is 1. The zero-order valence-corrected chi connectivity index (χ0v) is 11.6. The van der Waals surface area contributed by atoms with Gasteiger partial charge >= 0.3 is 5.97 Å². The second-order valence-electron chi connectivity index (χ2n) is 3.98. The van der Waals surface area contributed by atoms with Crippen molar-refractivity contribution in [1.29, 1.82) is 0 Å². The molecule has 0 aliphatic heterocycles. The second-order valence-corrected chi connectivity index (χ2v) is 6.32. The number of rotatable bonds is 2. The van der Waals surface area contributed by atoms with Crippen LogP contribution in [0.4, 0.5) is 0 Å². The van der Waals surface area contributed by atoms with Crippen LogP contribution in [0.3, 0.4) is 0 Å². The van der Waals surface area contributed by atoms with Crippen molar-refractivity contribution >= 4 is 43.5 Å². The summed E-state index contributed by atoms with van der Waals surface area (Å²) in [7, 11) is 0. The highest BCUT2D eigenvalue weighted by atomic mass is 79.9. The smallest absolute Gasteiger partial charge is 0.341 e. The zero-order chi connectivity index (χ0) is 12.7. The van der Waals surface area contributed by atoms with Crippen molar-refractivity contribution in [2.45, 2.75) is 19.8 Å². The number of nitrogens with one attached hydrogen (secondary N) is 1. The van der Waals surface area contributed by atoms with Gasteiger partial charge in [0.1, 0.15) is 10.4 Å². The molecule has 0 saturated heterocycles. The molecule has 2 aromatic rings. The molecule has 0 amide bonds. The largest absolute Gasteiger partial charge is 0.477 e. The molecule has 2 rings (SSSR count). The van der Waals surface area contributed by atoms with Gasteiger partial charge in [0.05, 0.1) is 9.17 Å². The third kappa shape index (κ3) is 1.91. The molecule has 0 saturated carbocycles. The topological polar surface area (TPSA) is 70.2 Å². The Bertz CT molecular complexity index is 657. The van der Waals surface area contributed by atoms with Crippen molar-refractivity contribution in [2.24, 2.45) is 0 Å². The summed E-state index contributed by atoms with van der Waals surface area (Å²) in [4.78, 5) is 26.6. The third-order valence-electron chi connectivity index (χ3n) is 2.53. The number of hydrogen-bond acceptors (Lipinski definition) is 3. The molecule has 6 heteroatoms. The Morgan fingerprint density at radius 2 is 2.18 bits per heavy atom. The minimum absolute atomic E-state index is 0.156. The Hall–Kier alpha value is -1.14. The number of aromatic carboxylic acids is 1. The average Bonchev–Trinajstić information content (AvgIpc) is 2.55. The van der Waals surface area contributed by atoms with E-state index >= 15 is 0 Å². The highest BCUT2D eigenvalue weighted by Crippen LogP contribution is 2.37. The fraction of sp³-hybridized carbons (Fsp3) is 0.273. The minimum atomic E-state index is -1.20. The number of carboxylic acids is 1. The van der Waals surface area contributed by atoms with E-state index in [9.17, 15) is 9.59 Å². The Morgan fingerprint density at radius 3 is 2.71 bits per heavy atom. The van der Waals surface area contributed by atoms with Gasteiger partial charge in [0.25, 0.3) is 0 Å². The summed E-state index contributed by atoms with van der Waals surface area (Å²) >= 11 is 4.83. The molecular weight excluding hydrogens is 306 g/mol. The van der Waals surface area contributed by atoms with Gasteiger partial charge in [-0.15, -0.1) is 11.3 Å². The number of thiophene rings is 1. The van der Waals surface area contributed by atoms with Crippen LogP contribution >= 0.6 is 27.3 Å². The molecule has 2 heterocycles. The van der Waals surface area contributed by atoms with E-state index < -0.39 is 11.4 Å². The van der Waals surface area contributed by atoms with Crippen LogP contribution in [-0.4, -0.2) is 16.1 Å². The molecule has 0 aromatic carbocycles. The van der Waals surface area contributed by atoms with Crippen LogP contribution in [0.25, 0.3) is 10.2 Å². The lowest BCUT2D eigenvalue weighted by Crippen LogP contribution is -2.15. The molecule has 90 valence electrons. The van der Waals surface area contributed by atoms with E-state index in [4.69, 9.17) is 5.11 Å². The predicted molar refractivity (Wildman–Crippen MR) is 71.2 cm³/mol. The summed E-state index contributed by atoms with van der Waals surface area (Å²) in [6.07, 6.45) is 1.25. The molecule has 2 aromatic heterocycles. The first-order chi connectivity index (χ1) is 7.93. The number of pyridine rings is 1. The van der Waals surface area contributed by atoms with Crippen molar-refractivity contribution in [3.05, 3.63) is 31.3 Å². The lowest BCUT2D eigenvalue weighted by atomic mass is 10.0. The fourth-order valence-electron chi connectivity index (χ4n) is 1.76. The molecule has 4 nitrogen and oxygen atoms in total. The summed E-state index contributed by atoms with van der Waals surface area (Å²) in [5.41, 5.74) is 0.232. The number of aromatic nitrogens is 1. The summed E-state index contributed by atoms with van der Waals surface area (Å²) in [6, 6.07) is 0. The van der Waals surface area contributed by atoms with Gasteiger partial charge in [0.2, 0.25) is 5.43 Å². The van der Waals surface area contributed by atoms with E-state index in [1.165, 1.54) is 17.5 Å². The molecule has 0 aliphatic rings. The van der Waals surface area contributed by atoms with E-state index in [1.54, 1.807) is 0 Å². The standard InChI is InChI=1S/C11H10BrNO3S/c1-4(2)6-7-8(14)5(11(15)16)3-13-10(7)17-9(6)12/h3-4H,1-2H3,(H,13,14)(H,15,16).